The summed E-state index contributed by atoms with van der Waals surface area (Å²) in [4.78, 5) is 44.6. The Bertz CT molecular complexity index is 1280. The Morgan fingerprint density at radius 2 is 2.00 bits per heavy atom. The number of aryl methyl sites for hydroxylation is 1. The van der Waals surface area contributed by atoms with Gasteiger partial charge in [-0.25, -0.2) is 9.78 Å². The van der Waals surface area contributed by atoms with Crippen LogP contribution in [0, 0.1) is 0 Å². The number of hydrogen-bond donors (Lipinski definition) is 1. The molecule has 3 aromatic rings. The van der Waals surface area contributed by atoms with Gasteiger partial charge in [-0.3, -0.25) is 14.2 Å². The number of nitrogens with one attached hydrogen (secondary N) is 1. The van der Waals surface area contributed by atoms with Crippen LogP contribution in [0.4, 0.5) is 5.00 Å². The van der Waals surface area contributed by atoms with E-state index in [0.29, 0.717) is 26.6 Å². The Balaban J connectivity index is 1.58. The lowest BCUT2D eigenvalue weighted by Gasteiger charge is -2.18. The molecule has 0 fully saturated rings. The van der Waals surface area contributed by atoms with Crippen molar-refractivity contribution in [3.8, 4) is 0 Å². The number of ether oxygens (including phenoxy) is 1. The standard InChI is InChI=1S/C25H29N3O4S2/c1-4-15(3)28-23(30)16-10-6-8-12-18(16)26-25(28)33-14-20(29)27-22-21(24(31)32-5-2)17-11-7-9-13-19(17)34-22/h6,8,10,12,15H,4-5,7,9,11,13-14H2,1-3H3,(H,27,29). The summed E-state index contributed by atoms with van der Waals surface area (Å²) in [6, 6.07) is 7.21. The number of carbonyl (C=O) groups excluding carboxylic acids is 2. The molecule has 1 N–H and O–H groups in total. The zero-order chi connectivity index (χ0) is 24.2. The van der Waals surface area contributed by atoms with Crippen molar-refractivity contribution in [2.24, 2.45) is 0 Å². The average Bonchev–Trinajstić information content (AvgIpc) is 3.20. The maximum atomic E-state index is 13.1. The van der Waals surface area contributed by atoms with E-state index in [4.69, 9.17) is 4.74 Å². The fourth-order valence-electron chi connectivity index (χ4n) is 4.16. The SMILES string of the molecule is CCOC(=O)c1c(NC(=O)CSc2nc3ccccc3c(=O)n2C(C)CC)sc2c1CCCC2. The largest absolute Gasteiger partial charge is 0.462 e. The van der Waals surface area contributed by atoms with Crippen molar-refractivity contribution in [1.82, 2.24) is 9.55 Å². The van der Waals surface area contributed by atoms with Crippen LogP contribution >= 0.6 is 23.1 Å². The minimum Gasteiger partial charge on any atom is -0.462 e. The van der Waals surface area contributed by atoms with Crippen molar-refractivity contribution in [2.45, 2.75) is 64.1 Å². The number of fused-ring (bicyclic) bond motifs is 2. The lowest BCUT2D eigenvalue weighted by molar-refractivity contribution is -0.113. The molecule has 4 rings (SSSR count). The number of hydrogen-bond acceptors (Lipinski definition) is 7. The van der Waals surface area contributed by atoms with Gasteiger partial charge in [-0.15, -0.1) is 11.3 Å². The average molecular weight is 500 g/mol. The minimum absolute atomic E-state index is 0.0467. The lowest BCUT2D eigenvalue weighted by Crippen LogP contribution is -2.26. The van der Waals surface area contributed by atoms with E-state index >= 15 is 0 Å². The van der Waals surface area contributed by atoms with Crippen LogP contribution < -0.4 is 10.9 Å². The highest BCUT2D eigenvalue weighted by atomic mass is 32.2. The smallest absolute Gasteiger partial charge is 0.341 e. The fourth-order valence-corrected chi connectivity index (χ4v) is 6.36. The van der Waals surface area contributed by atoms with E-state index in [9.17, 15) is 14.4 Å². The van der Waals surface area contributed by atoms with Gasteiger partial charge >= 0.3 is 5.97 Å². The number of nitrogens with zero attached hydrogens (tertiary/aromatic N) is 2. The second-order valence-electron chi connectivity index (χ2n) is 8.32. The second kappa shape index (κ2) is 10.7. The third kappa shape index (κ3) is 4.90. The van der Waals surface area contributed by atoms with E-state index in [2.05, 4.69) is 10.3 Å². The predicted octanol–water partition coefficient (Wildman–Crippen LogP) is 5.22. The number of rotatable bonds is 8. The quantitative estimate of drug-likeness (QED) is 0.260. The van der Waals surface area contributed by atoms with Gasteiger partial charge in [-0.05, 0) is 63.6 Å². The predicted molar refractivity (Wildman–Crippen MR) is 137 cm³/mol. The number of thiophene rings is 1. The number of amides is 1. The van der Waals surface area contributed by atoms with Gasteiger partial charge in [-0.2, -0.15) is 0 Å². The molecular formula is C25H29N3O4S2. The van der Waals surface area contributed by atoms with E-state index in [1.165, 1.54) is 23.1 Å². The molecule has 9 heteroatoms. The van der Waals surface area contributed by atoms with Gasteiger partial charge < -0.3 is 10.1 Å². The molecular weight excluding hydrogens is 470 g/mol. The first-order valence-electron chi connectivity index (χ1n) is 11.7. The number of benzene rings is 1. The molecule has 180 valence electrons. The Hall–Kier alpha value is -2.65. The lowest BCUT2D eigenvalue weighted by atomic mass is 9.95. The molecule has 2 aromatic heterocycles. The van der Waals surface area contributed by atoms with Gasteiger partial charge in [0, 0.05) is 10.9 Å². The van der Waals surface area contributed by atoms with E-state index < -0.39 is 0 Å². The third-order valence-corrected chi connectivity index (χ3v) is 8.20. The van der Waals surface area contributed by atoms with E-state index in [-0.39, 0.29) is 35.8 Å². The van der Waals surface area contributed by atoms with Crippen molar-refractivity contribution >= 4 is 50.9 Å². The molecule has 0 saturated carbocycles. The first kappa shape index (κ1) is 24.5. The van der Waals surface area contributed by atoms with Crippen LogP contribution in [0.25, 0.3) is 10.9 Å². The third-order valence-electron chi connectivity index (χ3n) is 6.04. The topological polar surface area (TPSA) is 90.3 Å². The monoisotopic (exact) mass is 499 g/mol. The normalized spacial score (nSPS) is 14.0. The van der Waals surface area contributed by atoms with Gasteiger partial charge in [0.1, 0.15) is 5.00 Å². The zero-order valence-electron chi connectivity index (χ0n) is 19.7. The van der Waals surface area contributed by atoms with Crippen LogP contribution in [0.1, 0.15) is 66.9 Å². The molecule has 1 aromatic carbocycles. The number of thioether (sulfide) groups is 1. The molecule has 1 aliphatic carbocycles. The van der Waals surface area contributed by atoms with Crippen LogP contribution in [-0.2, 0) is 22.4 Å². The van der Waals surface area contributed by atoms with Crippen LogP contribution in [0.3, 0.4) is 0 Å². The molecule has 0 saturated heterocycles. The Morgan fingerprint density at radius 1 is 1.24 bits per heavy atom. The Kier molecular flexibility index (Phi) is 7.73. The van der Waals surface area contributed by atoms with Gasteiger partial charge in [0.2, 0.25) is 5.91 Å². The number of carbonyl (C=O) groups is 2. The summed E-state index contributed by atoms with van der Waals surface area (Å²) in [7, 11) is 0. The fraction of sp³-hybridized carbons (Fsp3) is 0.440. The maximum Gasteiger partial charge on any atom is 0.341 e. The van der Waals surface area contributed by atoms with Gasteiger partial charge in [0.05, 0.1) is 28.8 Å². The molecule has 0 aliphatic heterocycles. The number of aromatic nitrogens is 2. The van der Waals surface area contributed by atoms with Gasteiger partial charge in [0.15, 0.2) is 5.16 Å². The molecule has 1 aliphatic rings. The molecule has 1 atom stereocenters. The molecule has 2 heterocycles. The first-order chi connectivity index (χ1) is 16.4. The summed E-state index contributed by atoms with van der Waals surface area (Å²) < 4.78 is 6.95. The number of esters is 1. The van der Waals surface area contributed by atoms with Crippen LogP contribution in [-0.4, -0.2) is 33.8 Å². The van der Waals surface area contributed by atoms with E-state index in [0.717, 1.165) is 42.5 Å². The van der Waals surface area contributed by atoms with Crippen molar-refractivity contribution < 1.29 is 14.3 Å². The summed E-state index contributed by atoms with van der Waals surface area (Å²) in [5, 5.41) is 4.58. The van der Waals surface area contributed by atoms with Crippen molar-refractivity contribution in [2.75, 3.05) is 17.7 Å². The van der Waals surface area contributed by atoms with Crippen molar-refractivity contribution in [3.05, 3.63) is 50.6 Å². The molecule has 0 spiro atoms. The highest BCUT2D eigenvalue weighted by Crippen LogP contribution is 2.38. The zero-order valence-corrected chi connectivity index (χ0v) is 21.3. The summed E-state index contributed by atoms with van der Waals surface area (Å²) in [6.45, 7) is 6.05. The minimum atomic E-state index is -0.383. The summed E-state index contributed by atoms with van der Waals surface area (Å²) >= 11 is 2.70. The molecule has 1 amide bonds. The summed E-state index contributed by atoms with van der Waals surface area (Å²) in [5.41, 5.74) is 2.03. The second-order valence-corrected chi connectivity index (χ2v) is 10.4. The van der Waals surface area contributed by atoms with Crippen molar-refractivity contribution in [1.29, 1.82) is 0 Å². The Morgan fingerprint density at radius 3 is 2.76 bits per heavy atom. The van der Waals surface area contributed by atoms with Gasteiger partial charge in [0.25, 0.3) is 5.56 Å². The summed E-state index contributed by atoms with van der Waals surface area (Å²) in [5.74, 6) is -0.551. The Labute approximate surface area is 206 Å². The summed E-state index contributed by atoms with van der Waals surface area (Å²) in [6.07, 6.45) is 4.62. The van der Waals surface area contributed by atoms with Crippen LogP contribution in [0.2, 0.25) is 0 Å². The molecule has 7 nitrogen and oxygen atoms in total. The maximum absolute atomic E-state index is 13.1. The number of anilines is 1. The van der Waals surface area contributed by atoms with E-state index in [1.54, 1.807) is 17.6 Å². The van der Waals surface area contributed by atoms with Crippen LogP contribution in [0.15, 0.2) is 34.2 Å². The van der Waals surface area contributed by atoms with Crippen LogP contribution in [0.5, 0.6) is 0 Å². The van der Waals surface area contributed by atoms with Gasteiger partial charge in [-0.1, -0.05) is 30.8 Å². The highest BCUT2D eigenvalue weighted by Gasteiger charge is 2.27. The molecule has 1 unspecified atom stereocenters. The molecule has 0 radical (unpaired) electrons. The van der Waals surface area contributed by atoms with E-state index in [1.807, 2.05) is 32.0 Å². The van der Waals surface area contributed by atoms with Crippen molar-refractivity contribution in [3.63, 3.8) is 0 Å². The number of para-hydroxylation sites is 1. The highest BCUT2D eigenvalue weighted by molar-refractivity contribution is 7.99. The molecule has 0 bridgehead atoms. The molecule has 34 heavy (non-hydrogen) atoms. The first-order valence-corrected chi connectivity index (χ1v) is 13.5.